The number of nitrogens with zero attached hydrogens (tertiary/aromatic N) is 5. The molecule has 0 unspecified atom stereocenters. The Bertz CT molecular complexity index is 851. The van der Waals surface area contributed by atoms with E-state index in [2.05, 4.69) is 26.9 Å². The third kappa shape index (κ3) is 3.14. The Morgan fingerprint density at radius 3 is 2.69 bits per heavy atom. The third-order valence-corrected chi connectivity index (χ3v) is 5.13. The van der Waals surface area contributed by atoms with Gasteiger partial charge in [-0.05, 0) is 30.2 Å². The molecular formula is C20H21N5O. The van der Waals surface area contributed by atoms with E-state index in [-0.39, 0.29) is 5.91 Å². The zero-order valence-corrected chi connectivity index (χ0v) is 14.6. The molecule has 0 aliphatic carbocycles. The molecule has 1 aromatic carbocycles. The average molecular weight is 347 g/mol. The minimum absolute atomic E-state index is 0.166. The van der Waals surface area contributed by atoms with E-state index in [4.69, 9.17) is 0 Å². The maximum absolute atomic E-state index is 12.7. The summed E-state index contributed by atoms with van der Waals surface area (Å²) in [7, 11) is 0. The van der Waals surface area contributed by atoms with E-state index in [1.54, 1.807) is 18.3 Å². The molecule has 0 spiro atoms. The van der Waals surface area contributed by atoms with E-state index in [0.717, 1.165) is 50.6 Å². The fourth-order valence-corrected chi connectivity index (χ4v) is 3.73. The Kier molecular flexibility index (Phi) is 4.55. The van der Waals surface area contributed by atoms with Crippen LogP contribution in [0, 0.1) is 11.3 Å². The molecule has 2 aliphatic heterocycles. The van der Waals surface area contributed by atoms with Crippen LogP contribution in [0.25, 0.3) is 0 Å². The summed E-state index contributed by atoms with van der Waals surface area (Å²) in [4.78, 5) is 23.3. The van der Waals surface area contributed by atoms with Gasteiger partial charge in [0.15, 0.2) is 0 Å². The van der Waals surface area contributed by atoms with Crippen LogP contribution in [0.4, 0.5) is 11.5 Å². The van der Waals surface area contributed by atoms with Gasteiger partial charge in [-0.3, -0.25) is 9.69 Å². The van der Waals surface area contributed by atoms with Gasteiger partial charge in [0.05, 0.1) is 12.1 Å². The number of carbonyl (C=O) groups is 1. The molecule has 1 aromatic heterocycles. The second-order valence-electron chi connectivity index (χ2n) is 6.67. The van der Waals surface area contributed by atoms with Crippen molar-refractivity contribution in [2.24, 2.45) is 0 Å². The summed E-state index contributed by atoms with van der Waals surface area (Å²) < 4.78 is 0. The van der Waals surface area contributed by atoms with Crippen LogP contribution < -0.4 is 9.80 Å². The molecule has 2 aromatic rings. The van der Waals surface area contributed by atoms with Crippen molar-refractivity contribution in [3.05, 3.63) is 53.7 Å². The van der Waals surface area contributed by atoms with Gasteiger partial charge in [-0.2, -0.15) is 5.26 Å². The Balaban J connectivity index is 1.36. The first kappa shape index (κ1) is 16.6. The number of amides is 1. The average Bonchev–Trinajstić information content (AvgIpc) is 3.13. The molecule has 132 valence electrons. The Morgan fingerprint density at radius 2 is 1.88 bits per heavy atom. The van der Waals surface area contributed by atoms with Gasteiger partial charge in [-0.1, -0.05) is 18.2 Å². The molecule has 4 rings (SSSR count). The molecule has 0 radical (unpaired) electrons. The van der Waals surface area contributed by atoms with Crippen molar-refractivity contribution in [3.63, 3.8) is 0 Å². The molecule has 3 heterocycles. The van der Waals surface area contributed by atoms with Gasteiger partial charge in [-0.25, -0.2) is 4.98 Å². The maximum atomic E-state index is 12.7. The molecule has 0 atom stereocenters. The number of pyridine rings is 1. The third-order valence-electron chi connectivity index (χ3n) is 5.13. The van der Waals surface area contributed by atoms with Crippen molar-refractivity contribution in [2.45, 2.75) is 6.42 Å². The highest BCUT2D eigenvalue weighted by Gasteiger charge is 2.27. The van der Waals surface area contributed by atoms with E-state index < -0.39 is 0 Å². The summed E-state index contributed by atoms with van der Waals surface area (Å²) in [6.07, 6.45) is 2.66. The van der Waals surface area contributed by atoms with E-state index >= 15 is 0 Å². The fraction of sp³-hybridized carbons (Fsp3) is 0.350. The van der Waals surface area contributed by atoms with Gasteiger partial charge in [-0.15, -0.1) is 0 Å². The smallest absolute Gasteiger partial charge is 0.241 e. The lowest BCUT2D eigenvalue weighted by Crippen LogP contribution is -2.50. The Morgan fingerprint density at radius 1 is 1.08 bits per heavy atom. The summed E-state index contributed by atoms with van der Waals surface area (Å²) in [6.45, 7) is 4.35. The number of anilines is 2. The number of hydrogen-bond donors (Lipinski definition) is 0. The fourth-order valence-electron chi connectivity index (χ4n) is 3.73. The SMILES string of the molecule is N#Cc1cccnc1N1CCN(CC(=O)N2CCc3ccccc32)CC1. The number of carbonyl (C=O) groups excluding carboxylic acids is 1. The number of benzene rings is 1. The van der Waals surface area contributed by atoms with Crippen LogP contribution in [-0.2, 0) is 11.2 Å². The maximum Gasteiger partial charge on any atom is 0.241 e. The second-order valence-corrected chi connectivity index (χ2v) is 6.67. The number of hydrogen-bond acceptors (Lipinski definition) is 5. The molecule has 26 heavy (non-hydrogen) atoms. The molecule has 1 saturated heterocycles. The highest BCUT2D eigenvalue weighted by atomic mass is 16.2. The molecule has 0 bridgehead atoms. The molecule has 0 saturated carbocycles. The van der Waals surface area contributed by atoms with Gasteiger partial charge in [0, 0.05) is 44.6 Å². The van der Waals surface area contributed by atoms with Crippen LogP contribution in [0.2, 0.25) is 0 Å². The highest BCUT2D eigenvalue weighted by molar-refractivity contribution is 5.96. The molecule has 2 aliphatic rings. The van der Waals surface area contributed by atoms with Crippen LogP contribution in [0.5, 0.6) is 0 Å². The monoisotopic (exact) mass is 347 g/mol. The van der Waals surface area contributed by atoms with Crippen molar-refractivity contribution in [1.82, 2.24) is 9.88 Å². The van der Waals surface area contributed by atoms with Crippen LogP contribution >= 0.6 is 0 Å². The van der Waals surface area contributed by atoms with Crippen LogP contribution in [0.15, 0.2) is 42.6 Å². The normalized spacial score (nSPS) is 17.0. The van der Waals surface area contributed by atoms with Crippen molar-refractivity contribution in [3.8, 4) is 6.07 Å². The quantitative estimate of drug-likeness (QED) is 0.845. The summed E-state index contributed by atoms with van der Waals surface area (Å²) in [5.41, 5.74) is 2.92. The minimum Gasteiger partial charge on any atom is -0.353 e. The minimum atomic E-state index is 0.166. The van der Waals surface area contributed by atoms with E-state index in [9.17, 15) is 10.1 Å². The largest absolute Gasteiger partial charge is 0.353 e. The molecule has 1 fully saturated rings. The van der Waals surface area contributed by atoms with Gasteiger partial charge in [0.1, 0.15) is 11.9 Å². The molecular weight excluding hydrogens is 326 g/mol. The van der Waals surface area contributed by atoms with E-state index in [1.807, 2.05) is 23.1 Å². The second kappa shape index (κ2) is 7.14. The van der Waals surface area contributed by atoms with Gasteiger partial charge >= 0.3 is 0 Å². The first-order valence-electron chi connectivity index (χ1n) is 8.97. The number of rotatable bonds is 3. The molecule has 6 heteroatoms. The first-order chi connectivity index (χ1) is 12.8. The van der Waals surface area contributed by atoms with Crippen molar-refractivity contribution in [1.29, 1.82) is 5.26 Å². The van der Waals surface area contributed by atoms with Crippen molar-refractivity contribution in [2.75, 3.05) is 49.1 Å². The summed E-state index contributed by atoms with van der Waals surface area (Å²) >= 11 is 0. The number of nitriles is 1. The number of para-hydroxylation sites is 1. The predicted molar refractivity (Wildman–Crippen MR) is 100 cm³/mol. The lowest BCUT2D eigenvalue weighted by atomic mass is 10.2. The van der Waals surface area contributed by atoms with Crippen LogP contribution in [-0.4, -0.2) is 55.1 Å². The summed E-state index contributed by atoms with van der Waals surface area (Å²) in [5.74, 6) is 0.911. The predicted octanol–water partition coefficient (Wildman–Crippen LogP) is 1.66. The van der Waals surface area contributed by atoms with Gasteiger partial charge in [0.2, 0.25) is 5.91 Å². The lowest BCUT2D eigenvalue weighted by Gasteiger charge is -2.35. The first-order valence-corrected chi connectivity index (χ1v) is 8.97. The van der Waals surface area contributed by atoms with E-state index in [1.165, 1.54) is 5.56 Å². The van der Waals surface area contributed by atoms with Crippen LogP contribution in [0.1, 0.15) is 11.1 Å². The van der Waals surface area contributed by atoms with Crippen molar-refractivity contribution < 1.29 is 4.79 Å². The van der Waals surface area contributed by atoms with Gasteiger partial charge in [0.25, 0.3) is 0 Å². The Labute approximate surface area is 153 Å². The summed E-state index contributed by atoms with van der Waals surface area (Å²) in [6, 6.07) is 13.9. The van der Waals surface area contributed by atoms with Gasteiger partial charge < -0.3 is 9.80 Å². The topological polar surface area (TPSA) is 63.5 Å². The van der Waals surface area contributed by atoms with Crippen molar-refractivity contribution >= 4 is 17.4 Å². The highest BCUT2D eigenvalue weighted by Crippen LogP contribution is 2.27. The molecule has 6 nitrogen and oxygen atoms in total. The lowest BCUT2D eigenvalue weighted by molar-refractivity contribution is -0.119. The van der Waals surface area contributed by atoms with E-state index in [0.29, 0.717) is 12.1 Å². The zero-order valence-electron chi connectivity index (χ0n) is 14.6. The Hall–Kier alpha value is -2.91. The number of fused-ring (bicyclic) bond motifs is 1. The zero-order chi connectivity index (χ0) is 17.9. The molecule has 1 amide bonds. The molecule has 0 N–H and O–H groups in total. The standard InChI is InChI=1S/C20H21N5O/c21-14-17-5-3-8-22-20(17)24-12-10-23(11-13-24)15-19(26)25-9-7-16-4-1-2-6-18(16)25/h1-6,8H,7,9-13,15H2. The number of piperazine rings is 1. The summed E-state index contributed by atoms with van der Waals surface area (Å²) in [5, 5.41) is 9.24. The van der Waals surface area contributed by atoms with Crippen LogP contribution in [0.3, 0.4) is 0 Å². The number of aromatic nitrogens is 1.